The first-order chi connectivity index (χ1) is 28.1. The van der Waals surface area contributed by atoms with E-state index in [0.717, 1.165) is 0 Å². The zero-order valence-electron chi connectivity index (χ0n) is 32.3. The molecule has 0 bridgehead atoms. The predicted octanol–water partition coefficient (Wildman–Crippen LogP) is 6.59. The fraction of sp³-hybridized carbons (Fsp3) is 0.140. The van der Waals surface area contributed by atoms with Gasteiger partial charge in [-0.15, -0.1) is 0 Å². The van der Waals surface area contributed by atoms with Crippen molar-refractivity contribution in [1.29, 1.82) is 0 Å². The van der Waals surface area contributed by atoms with Gasteiger partial charge in [0.15, 0.2) is 23.0 Å². The molecule has 0 saturated carbocycles. The van der Waals surface area contributed by atoms with Crippen LogP contribution >= 0.6 is 0 Å². The van der Waals surface area contributed by atoms with E-state index in [9.17, 15) is 19.2 Å². The van der Waals surface area contributed by atoms with Crippen molar-refractivity contribution in [3.63, 3.8) is 0 Å². The van der Waals surface area contributed by atoms with E-state index in [2.05, 4.69) is 15.8 Å². The van der Waals surface area contributed by atoms with E-state index in [-0.39, 0.29) is 39.7 Å². The summed E-state index contributed by atoms with van der Waals surface area (Å²) in [5.74, 6) is -0.145. The van der Waals surface area contributed by atoms with Crippen LogP contribution < -0.4 is 48.6 Å². The summed E-state index contributed by atoms with van der Waals surface area (Å²) < 4.78 is 43.2. The Morgan fingerprint density at radius 1 is 0.517 bits per heavy atom. The van der Waals surface area contributed by atoms with Crippen molar-refractivity contribution < 1.29 is 57.1 Å². The first-order valence-electron chi connectivity index (χ1n) is 17.3. The molecule has 2 amide bonds. The number of methoxy groups -OCH3 is 6. The topological polar surface area (TPSA) is 179 Å². The molecule has 15 heteroatoms. The molecule has 0 atom stereocenters. The van der Waals surface area contributed by atoms with Gasteiger partial charge < -0.3 is 43.2 Å². The number of hydrogen-bond acceptors (Lipinski definition) is 13. The zero-order valence-corrected chi connectivity index (χ0v) is 32.3. The second-order valence-corrected chi connectivity index (χ2v) is 11.8. The zero-order chi connectivity index (χ0) is 41.6. The highest BCUT2D eigenvalue weighted by Gasteiger charge is 2.20. The Kier molecular flexibility index (Phi) is 14.0. The number of anilines is 1. The Morgan fingerprint density at radius 3 is 1.55 bits per heavy atom. The molecule has 0 aliphatic carbocycles. The Labute approximate surface area is 333 Å². The van der Waals surface area contributed by atoms with Crippen molar-refractivity contribution in [3.8, 4) is 46.0 Å². The molecule has 0 fully saturated rings. The average molecular weight is 790 g/mol. The van der Waals surface area contributed by atoms with Gasteiger partial charge in [0, 0.05) is 34.0 Å². The second kappa shape index (κ2) is 19.7. The highest BCUT2D eigenvalue weighted by molar-refractivity contribution is 6.05. The van der Waals surface area contributed by atoms with Crippen LogP contribution in [0.2, 0.25) is 0 Å². The maximum absolute atomic E-state index is 13.1. The lowest BCUT2D eigenvalue weighted by atomic mass is 10.1. The van der Waals surface area contributed by atoms with Gasteiger partial charge in [-0.1, -0.05) is 30.3 Å². The summed E-state index contributed by atoms with van der Waals surface area (Å²) >= 11 is 0. The van der Waals surface area contributed by atoms with Gasteiger partial charge in [-0.05, 0) is 72.8 Å². The standard InChI is InChI=1S/C43H39N3O12/c1-51-34-21-29(22-35(52-2)39(34)55-5)41(48)45-31-18-15-27(16-19-31)42(49)46-44-25-28-12-8-10-14-33(28)57-38(47)20-17-26-11-7-9-13-32(26)58-43(50)30-23-36(53-3)40(56-6)37(24-30)54-4/h7-25H,1-6H3,(H,45,48)(H,46,49)/b20-17+,44-25+. The quantitative estimate of drug-likeness (QED) is 0.0361. The Hall–Kier alpha value is -7.81. The van der Waals surface area contributed by atoms with Crippen molar-refractivity contribution in [2.45, 2.75) is 0 Å². The minimum atomic E-state index is -0.729. The predicted molar refractivity (Wildman–Crippen MR) is 214 cm³/mol. The number of esters is 2. The summed E-state index contributed by atoms with van der Waals surface area (Å²) in [5, 5.41) is 6.79. The fourth-order valence-electron chi connectivity index (χ4n) is 5.39. The Morgan fingerprint density at radius 2 is 1.02 bits per heavy atom. The molecule has 0 unspecified atom stereocenters. The van der Waals surface area contributed by atoms with E-state index < -0.39 is 23.8 Å². The SMILES string of the molecule is COc1cc(C(=O)Nc2ccc(C(=O)N/N=C/c3ccccc3OC(=O)/C=C/c3ccccc3OC(=O)c3cc(OC)c(OC)c(OC)c3)cc2)cc(OC)c1OC. The number of rotatable bonds is 16. The van der Waals surface area contributed by atoms with Crippen LogP contribution in [0.15, 0.2) is 108 Å². The molecular weight excluding hydrogens is 750 g/mol. The van der Waals surface area contributed by atoms with E-state index in [1.807, 2.05) is 0 Å². The van der Waals surface area contributed by atoms with Crippen LogP contribution in [0.3, 0.4) is 0 Å². The van der Waals surface area contributed by atoms with Gasteiger partial charge in [0.05, 0.1) is 54.4 Å². The first-order valence-corrected chi connectivity index (χ1v) is 17.3. The molecule has 0 aliphatic heterocycles. The van der Waals surface area contributed by atoms with Crippen molar-refractivity contribution >= 4 is 41.7 Å². The van der Waals surface area contributed by atoms with E-state index in [1.54, 1.807) is 60.7 Å². The lowest BCUT2D eigenvalue weighted by Gasteiger charge is -2.14. The summed E-state index contributed by atoms with van der Waals surface area (Å²) in [5.41, 5.74) is 4.37. The van der Waals surface area contributed by atoms with Crippen LogP contribution in [0.25, 0.3) is 6.08 Å². The second-order valence-electron chi connectivity index (χ2n) is 11.8. The molecule has 0 aromatic heterocycles. The van der Waals surface area contributed by atoms with E-state index in [0.29, 0.717) is 39.8 Å². The molecule has 5 aromatic rings. The highest BCUT2D eigenvalue weighted by Crippen LogP contribution is 2.39. The summed E-state index contributed by atoms with van der Waals surface area (Å²) in [6, 6.07) is 25.4. The number of hydrazone groups is 1. The molecule has 15 nitrogen and oxygen atoms in total. The summed E-state index contributed by atoms with van der Waals surface area (Å²) in [6.07, 6.45) is 3.95. The first kappa shape index (κ1) is 41.4. The summed E-state index contributed by atoms with van der Waals surface area (Å²) in [6.45, 7) is 0. The Balaban J connectivity index is 1.19. The van der Waals surface area contributed by atoms with Gasteiger partial charge in [0.25, 0.3) is 11.8 Å². The number of nitrogens with one attached hydrogen (secondary N) is 2. The van der Waals surface area contributed by atoms with Crippen LogP contribution in [0.5, 0.6) is 46.0 Å². The maximum atomic E-state index is 13.1. The van der Waals surface area contributed by atoms with Gasteiger partial charge in [-0.2, -0.15) is 5.10 Å². The van der Waals surface area contributed by atoms with Crippen LogP contribution in [0.1, 0.15) is 42.2 Å². The molecule has 0 radical (unpaired) electrons. The molecule has 2 N–H and O–H groups in total. The number of para-hydroxylation sites is 2. The third kappa shape index (κ3) is 10.1. The molecular formula is C43H39N3O12. The van der Waals surface area contributed by atoms with Crippen molar-refractivity contribution in [2.24, 2.45) is 5.10 Å². The highest BCUT2D eigenvalue weighted by atomic mass is 16.5. The number of nitrogens with zero attached hydrogens (tertiary/aromatic N) is 1. The molecule has 0 saturated heterocycles. The normalized spacial score (nSPS) is 10.7. The molecule has 5 rings (SSSR count). The minimum absolute atomic E-state index is 0.149. The van der Waals surface area contributed by atoms with Gasteiger partial charge in [-0.3, -0.25) is 9.59 Å². The minimum Gasteiger partial charge on any atom is -0.493 e. The smallest absolute Gasteiger partial charge is 0.343 e. The molecule has 298 valence electrons. The van der Waals surface area contributed by atoms with Crippen LogP contribution in [0, 0.1) is 0 Å². The van der Waals surface area contributed by atoms with Crippen LogP contribution in [-0.2, 0) is 4.79 Å². The fourth-order valence-corrected chi connectivity index (χ4v) is 5.39. The third-order valence-corrected chi connectivity index (χ3v) is 8.25. The number of benzene rings is 5. The van der Waals surface area contributed by atoms with E-state index >= 15 is 0 Å². The van der Waals surface area contributed by atoms with E-state index in [4.69, 9.17) is 37.9 Å². The molecule has 58 heavy (non-hydrogen) atoms. The van der Waals surface area contributed by atoms with E-state index in [1.165, 1.54) is 97.4 Å². The number of carbonyl (C=O) groups excluding carboxylic acids is 4. The number of hydrogen-bond donors (Lipinski definition) is 2. The van der Waals surface area contributed by atoms with Gasteiger partial charge in [0.2, 0.25) is 11.5 Å². The largest absolute Gasteiger partial charge is 0.493 e. The molecule has 5 aromatic carbocycles. The molecule has 0 heterocycles. The number of amides is 2. The summed E-state index contributed by atoms with van der Waals surface area (Å²) in [4.78, 5) is 51.8. The number of ether oxygens (including phenoxy) is 8. The van der Waals surface area contributed by atoms with Crippen LogP contribution in [-0.4, -0.2) is 72.6 Å². The molecule has 0 spiro atoms. The maximum Gasteiger partial charge on any atom is 0.343 e. The Bertz CT molecular complexity index is 2310. The van der Waals surface area contributed by atoms with Gasteiger partial charge >= 0.3 is 11.9 Å². The monoisotopic (exact) mass is 789 g/mol. The van der Waals surface area contributed by atoms with Crippen molar-refractivity contribution in [1.82, 2.24) is 5.43 Å². The summed E-state index contributed by atoms with van der Waals surface area (Å²) in [7, 11) is 8.69. The third-order valence-electron chi connectivity index (χ3n) is 8.25. The van der Waals surface area contributed by atoms with Gasteiger partial charge in [0.1, 0.15) is 11.5 Å². The number of carbonyl (C=O) groups is 4. The average Bonchev–Trinajstić information content (AvgIpc) is 3.25. The lowest BCUT2D eigenvalue weighted by molar-refractivity contribution is -0.128. The molecule has 0 aliphatic rings. The van der Waals surface area contributed by atoms with Gasteiger partial charge in [-0.25, -0.2) is 15.0 Å². The lowest BCUT2D eigenvalue weighted by Crippen LogP contribution is -2.18. The van der Waals surface area contributed by atoms with Crippen molar-refractivity contribution in [2.75, 3.05) is 48.0 Å². The van der Waals surface area contributed by atoms with Crippen LogP contribution in [0.4, 0.5) is 5.69 Å². The van der Waals surface area contributed by atoms with Crippen molar-refractivity contribution in [3.05, 3.63) is 131 Å².